The van der Waals surface area contributed by atoms with Crippen molar-refractivity contribution >= 4 is 33.4 Å². The Morgan fingerprint density at radius 1 is 1.29 bits per heavy atom. The van der Waals surface area contributed by atoms with Crippen molar-refractivity contribution in [2.24, 2.45) is 5.16 Å². The van der Waals surface area contributed by atoms with Crippen molar-refractivity contribution in [2.75, 3.05) is 11.9 Å². The van der Waals surface area contributed by atoms with Gasteiger partial charge in [-0.2, -0.15) is 0 Å². The zero-order chi connectivity index (χ0) is 15.2. The Labute approximate surface area is 131 Å². The minimum Gasteiger partial charge on any atom is -0.461 e. The monoisotopic (exact) mass is 353 g/mol. The molecular weight excluding hydrogens is 338 g/mol. The van der Waals surface area contributed by atoms with Gasteiger partial charge in [0.15, 0.2) is 0 Å². The number of benzene rings is 1. The smallest absolute Gasteiger partial charge is 0.364 e. The van der Waals surface area contributed by atoms with Crippen molar-refractivity contribution in [1.29, 1.82) is 0 Å². The van der Waals surface area contributed by atoms with Gasteiger partial charge in [-0.25, -0.2) is 4.79 Å². The number of alkyl halides is 1. The van der Waals surface area contributed by atoms with Crippen LogP contribution in [0.1, 0.15) is 18.1 Å². The van der Waals surface area contributed by atoms with Gasteiger partial charge in [0.1, 0.15) is 6.10 Å². The first-order valence-corrected chi connectivity index (χ1v) is 7.84. The van der Waals surface area contributed by atoms with E-state index in [1.165, 1.54) is 11.1 Å². The van der Waals surface area contributed by atoms with Gasteiger partial charge in [0.2, 0.25) is 11.5 Å². The zero-order valence-electron chi connectivity index (χ0n) is 11.7. The molecule has 0 saturated carbocycles. The van der Waals surface area contributed by atoms with Gasteiger partial charge in [-0.1, -0.05) is 45.4 Å². The molecule has 0 unspecified atom stereocenters. The number of hydrogen-bond donors (Lipinski definition) is 0. The third kappa shape index (κ3) is 3.91. The molecule has 0 saturated heterocycles. The Morgan fingerprint density at radius 2 is 1.90 bits per heavy atom. The summed E-state index contributed by atoms with van der Waals surface area (Å²) >= 11 is 3.02. The number of oxime groups is 1. The van der Waals surface area contributed by atoms with Gasteiger partial charge in [0, 0.05) is 12.8 Å². The van der Waals surface area contributed by atoms with E-state index in [9.17, 15) is 9.59 Å². The van der Waals surface area contributed by atoms with Crippen molar-refractivity contribution in [3.8, 4) is 0 Å². The molecule has 0 aromatic heterocycles. The molecule has 0 aliphatic heterocycles. The number of hydrogen-bond acceptors (Lipinski definition) is 5. The lowest BCUT2D eigenvalue weighted by Crippen LogP contribution is -2.28. The van der Waals surface area contributed by atoms with Gasteiger partial charge in [-0.3, -0.25) is 4.79 Å². The second-order valence-electron chi connectivity index (χ2n) is 4.62. The van der Waals surface area contributed by atoms with Gasteiger partial charge in [-0.15, -0.1) is 0 Å². The highest BCUT2D eigenvalue weighted by atomic mass is 79.9. The molecule has 1 aliphatic carbocycles. The zero-order valence-corrected chi connectivity index (χ0v) is 13.3. The molecule has 1 aromatic carbocycles. The van der Waals surface area contributed by atoms with E-state index >= 15 is 0 Å². The molecule has 0 atom stereocenters. The van der Waals surface area contributed by atoms with Gasteiger partial charge in [0.05, 0.1) is 11.9 Å². The molecule has 0 heterocycles. The van der Waals surface area contributed by atoms with Crippen LogP contribution in [0.5, 0.6) is 0 Å². The van der Waals surface area contributed by atoms with Crippen molar-refractivity contribution in [1.82, 2.24) is 0 Å². The molecule has 0 N–H and O–H groups in total. The first-order valence-electron chi connectivity index (χ1n) is 6.72. The van der Waals surface area contributed by atoms with E-state index in [1.807, 2.05) is 24.3 Å². The summed E-state index contributed by atoms with van der Waals surface area (Å²) in [7, 11) is 0. The summed E-state index contributed by atoms with van der Waals surface area (Å²) in [6.07, 6.45) is 1.28. The molecule has 5 nitrogen and oxygen atoms in total. The minimum absolute atomic E-state index is 0.00109. The fourth-order valence-electron chi connectivity index (χ4n) is 2.19. The number of ketones is 1. The van der Waals surface area contributed by atoms with Gasteiger partial charge >= 0.3 is 5.97 Å². The standard InChI is InChI=1S/C15H16BrNO4/c1-2-20-15(19)14(13(18)9-16)17-21-12-7-10-5-3-4-6-11(10)8-12/h3-6,12H,2,7-9H2,1H3/b17-14+. The largest absolute Gasteiger partial charge is 0.461 e. The lowest BCUT2D eigenvalue weighted by atomic mass is 10.1. The molecule has 21 heavy (non-hydrogen) atoms. The highest BCUT2D eigenvalue weighted by molar-refractivity contribution is 9.09. The van der Waals surface area contributed by atoms with E-state index in [0.29, 0.717) is 0 Å². The van der Waals surface area contributed by atoms with Gasteiger partial charge in [-0.05, 0) is 18.1 Å². The Morgan fingerprint density at radius 3 is 2.43 bits per heavy atom. The van der Waals surface area contributed by atoms with Crippen LogP contribution in [0.2, 0.25) is 0 Å². The molecule has 1 aliphatic rings. The lowest BCUT2D eigenvalue weighted by molar-refractivity contribution is -0.136. The van der Waals surface area contributed by atoms with Crippen LogP contribution in [0, 0.1) is 0 Å². The van der Waals surface area contributed by atoms with Crippen LogP contribution in [0.25, 0.3) is 0 Å². The highest BCUT2D eigenvalue weighted by Gasteiger charge is 2.25. The fourth-order valence-corrected chi connectivity index (χ4v) is 2.45. The molecule has 0 amide bonds. The van der Waals surface area contributed by atoms with Gasteiger partial charge < -0.3 is 9.57 Å². The van der Waals surface area contributed by atoms with Crippen molar-refractivity contribution in [2.45, 2.75) is 25.9 Å². The Hall–Kier alpha value is -1.69. The molecule has 2 rings (SSSR count). The quantitative estimate of drug-likeness (QED) is 0.258. The maximum Gasteiger partial charge on any atom is 0.364 e. The minimum atomic E-state index is -0.752. The van der Waals surface area contributed by atoms with Crippen molar-refractivity contribution in [3.05, 3.63) is 35.4 Å². The first-order chi connectivity index (χ1) is 10.2. The number of Topliss-reactive ketones (excluding diaryl/α,β-unsaturated/α-hetero) is 1. The number of esters is 1. The van der Waals surface area contributed by atoms with Crippen LogP contribution in [0.15, 0.2) is 29.4 Å². The average molecular weight is 354 g/mol. The van der Waals surface area contributed by atoms with Gasteiger partial charge in [0.25, 0.3) is 0 Å². The molecule has 1 aromatic rings. The van der Waals surface area contributed by atoms with Crippen LogP contribution in [-0.4, -0.2) is 35.5 Å². The summed E-state index contributed by atoms with van der Waals surface area (Å²) < 4.78 is 4.81. The first kappa shape index (κ1) is 15.7. The van der Waals surface area contributed by atoms with E-state index in [4.69, 9.17) is 9.57 Å². The second-order valence-corrected chi connectivity index (χ2v) is 5.18. The number of halogens is 1. The van der Waals surface area contributed by atoms with Crippen LogP contribution < -0.4 is 0 Å². The van der Waals surface area contributed by atoms with E-state index in [-0.39, 0.29) is 23.8 Å². The summed E-state index contributed by atoms with van der Waals surface area (Å²) in [6, 6.07) is 8.03. The van der Waals surface area contributed by atoms with E-state index < -0.39 is 11.8 Å². The maximum atomic E-state index is 11.7. The predicted octanol–water partition coefficient (Wildman–Crippen LogP) is 2.05. The summed E-state index contributed by atoms with van der Waals surface area (Å²) in [5.74, 6) is -1.21. The van der Waals surface area contributed by atoms with Crippen LogP contribution in [-0.2, 0) is 32.0 Å². The van der Waals surface area contributed by atoms with E-state index in [2.05, 4.69) is 21.1 Å². The number of carbonyl (C=O) groups is 2. The molecular formula is C15H16BrNO4. The number of ether oxygens (including phenoxy) is 1. The molecule has 112 valence electrons. The Bertz CT molecular complexity index is 546. The summed E-state index contributed by atoms with van der Waals surface area (Å²) in [5.41, 5.74) is 2.12. The fraction of sp³-hybridized carbons (Fsp3) is 0.400. The highest BCUT2D eigenvalue weighted by Crippen LogP contribution is 2.23. The summed E-state index contributed by atoms with van der Waals surface area (Å²) in [4.78, 5) is 28.8. The third-order valence-corrected chi connectivity index (χ3v) is 3.67. The Kier molecular flexibility index (Phi) is 5.50. The second kappa shape index (κ2) is 7.36. The molecule has 0 fully saturated rings. The molecule has 6 heteroatoms. The van der Waals surface area contributed by atoms with Crippen LogP contribution in [0.4, 0.5) is 0 Å². The normalized spacial score (nSPS) is 14.7. The van der Waals surface area contributed by atoms with Crippen LogP contribution >= 0.6 is 15.9 Å². The number of nitrogens with zero attached hydrogens (tertiary/aromatic N) is 1. The lowest BCUT2D eigenvalue weighted by Gasteiger charge is -2.08. The van der Waals surface area contributed by atoms with Crippen molar-refractivity contribution in [3.63, 3.8) is 0 Å². The molecule has 0 spiro atoms. The topological polar surface area (TPSA) is 65.0 Å². The van der Waals surface area contributed by atoms with E-state index in [1.54, 1.807) is 6.92 Å². The van der Waals surface area contributed by atoms with Crippen molar-refractivity contribution < 1.29 is 19.2 Å². The van der Waals surface area contributed by atoms with Crippen LogP contribution in [0.3, 0.4) is 0 Å². The Balaban J connectivity index is 2.04. The molecule has 0 radical (unpaired) electrons. The number of rotatable bonds is 6. The SMILES string of the molecule is CCOC(=O)/C(=N/OC1Cc2ccccc2C1)C(=O)CBr. The molecule has 0 bridgehead atoms. The predicted molar refractivity (Wildman–Crippen MR) is 81.6 cm³/mol. The van der Waals surface area contributed by atoms with E-state index in [0.717, 1.165) is 12.8 Å². The summed E-state index contributed by atoms with van der Waals surface area (Å²) in [5, 5.41) is 3.74. The summed E-state index contributed by atoms with van der Waals surface area (Å²) in [6.45, 7) is 1.85. The maximum absolute atomic E-state index is 11.7. The third-order valence-electron chi connectivity index (χ3n) is 3.16. The average Bonchev–Trinajstić information content (AvgIpc) is 2.90. The number of fused-ring (bicyclic) bond motifs is 1. The number of carbonyl (C=O) groups excluding carboxylic acids is 2.